The van der Waals surface area contributed by atoms with Crippen molar-refractivity contribution in [2.75, 3.05) is 25.0 Å². The smallest absolute Gasteiger partial charge is 0.272 e. The van der Waals surface area contributed by atoms with Gasteiger partial charge in [0.1, 0.15) is 34.5 Å². The Balaban J connectivity index is 1.18. The zero-order chi connectivity index (χ0) is 32.5. The Kier molecular flexibility index (Phi) is 7.23. The van der Waals surface area contributed by atoms with Crippen LogP contribution in [0.25, 0.3) is 22.2 Å². The summed E-state index contributed by atoms with van der Waals surface area (Å²) in [6.07, 6.45) is 5.79. The van der Waals surface area contributed by atoms with E-state index in [1.165, 1.54) is 11.6 Å². The van der Waals surface area contributed by atoms with Crippen molar-refractivity contribution in [3.05, 3.63) is 58.5 Å². The average molecular weight is 695 g/mol. The van der Waals surface area contributed by atoms with Crippen molar-refractivity contribution in [2.45, 2.75) is 58.2 Å². The third-order valence-electron chi connectivity index (χ3n) is 9.09. The van der Waals surface area contributed by atoms with Gasteiger partial charge in [0, 0.05) is 48.3 Å². The van der Waals surface area contributed by atoms with E-state index in [0.29, 0.717) is 57.8 Å². The summed E-state index contributed by atoms with van der Waals surface area (Å²) in [6.45, 7) is 4.47. The molecule has 6 heterocycles. The summed E-state index contributed by atoms with van der Waals surface area (Å²) in [5, 5.41) is 7.89. The second kappa shape index (κ2) is 10.9. The number of aryl methyl sites for hydroxylation is 2. The van der Waals surface area contributed by atoms with E-state index in [1.807, 2.05) is 13.0 Å². The monoisotopic (exact) mass is 693 g/mol. The second-order valence-electron chi connectivity index (χ2n) is 12.6. The number of Topliss-reactive ketones (excluding diaryl/α,β-unsaturated/α-hetero) is 1. The Morgan fingerprint density at radius 2 is 1.80 bits per heavy atom. The number of carbonyl (C=O) groups is 3. The number of carbonyl (C=O) groups excluding carboxylic acids is 3. The molecule has 0 aromatic carbocycles. The number of piperidine rings is 1. The molecule has 12 nitrogen and oxygen atoms in total. The fourth-order valence-electron chi connectivity index (χ4n) is 6.78. The number of amides is 2. The molecule has 46 heavy (non-hydrogen) atoms. The molecule has 2 aliphatic heterocycles. The number of hydrogen-bond donors (Lipinski definition) is 1. The molecule has 1 N–H and O–H groups in total. The minimum atomic E-state index is -2.72. The van der Waals surface area contributed by atoms with Gasteiger partial charge in [-0.25, -0.2) is 23.7 Å². The predicted molar refractivity (Wildman–Crippen MR) is 166 cm³/mol. The molecule has 238 valence electrons. The number of ketones is 1. The summed E-state index contributed by atoms with van der Waals surface area (Å²) in [7, 11) is 0. The van der Waals surface area contributed by atoms with E-state index in [4.69, 9.17) is 0 Å². The number of hydrogen-bond acceptors (Lipinski definition) is 9. The first kappa shape index (κ1) is 30.4. The average Bonchev–Trinajstić information content (AvgIpc) is 3.39. The van der Waals surface area contributed by atoms with Crippen LogP contribution >= 0.6 is 15.9 Å². The van der Waals surface area contributed by atoms with Crippen LogP contribution < -0.4 is 5.32 Å². The highest BCUT2D eigenvalue weighted by atomic mass is 79.9. The lowest BCUT2D eigenvalue weighted by Gasteiger charge is -2.40. The Bertz CT molecular complexity index is 1910. The summed E-state index contributed by atoms with van der Waals surface area (Å²) in [5.41, 5.74) is 2.17. The van der Waals surface area contributed by atoms with Crippen LogP contribution in [0.3, 0.4) is 0 Å². The molecule has 0 unspecified atom stereocenters. The molecule has 0 radical (unpaired) electrons. The number of nitrogens with zero attached hydrogens (tertiary/aromatic N) is 8. The molecule has 7 rings (SSSR count). The molecule has 4 aromatic rings. The number of likely N-dealkylation sites (tertiary alicyclic amines) is 2. The van der Waals surface area contributed by atoms with Crippen LogP contribution in [-0.4, -0.2) is 94.8 Å². The minimum Gasteiger partial charge on any atom is -0.325 e. The van der Waals surface area contributed by atoms with Crippen molar-refractivity contribution in [1.29, 1.82) is 0 Å². The summed E-state index contributed by atoms with van der Waals surface area (Å²) in [6, 6.07) is 4.17. The van der Waals surface area contributed by atoms with Crippen LogP contribution in [0.1, 0.15) is 41.6 Å². The summed E-state index contributed by atoms with van der Waals surface area (Å²) < 4.78 is 29.3. The molecule has 3 aliphatic rings. The summed E-state index contributed by atoms with van der Waals surface area (Å²) in [5.74, 6) is -2.78. The van der Waals surface area contributed by atoms with Crippen LogP contribution in [0.2, 0.25) is 0 Å². The molecule has 1 aliphatic carbocycles. The first-order valence-corrected chi connectivity index (χ1v) is 15.6. The molecular formula is C31H30BrF2N9O3. The van der Waals surface area contributed by atoms with E-state index >= 15 is 0 Å². The zero-order valence-corrected chi connectivity index (χ0v) is 26.9. The van der Waals surface area contributed by atoms with Gasteiger partial charge in [0.05, 0.1) is 30.5 Å². The van der Waals surface area contributed by atoms with Crippen molar-refractivity contribution < 1.29 is 23.2 Å². The van der Waals surface area contributed by atoms with Gasteiger partial charge in [0.15, 0.2) is 5.78 Å². The quantitative estimate of drug-likeness (QED) is 0.216. The SMILES string of the molecule is CC(=O)c1nn(CC(=O)N2[C@H]3C[C@@]3(CN3CC(F)(F)C3)C[C@H]2C(=O)Nc2nc(Br)ccc2C)c2cnc(-c3cnc(C)nc3)cc12. The highest BCUT2D eigenvalue weighted by Gasteiger charge is 2.68. The van der Waals surface area contributed by atoms with Gasteiger partial charge in [-0.1, -0.05) is 6.07 Å². The van der Waals surface area contributed by atoms with Crippen LogP contribution in [0.15, 0.2) is 41.4 Å². The Hall–Kier alpha value is -4.24. The third kappa shape index (κ3) is 5.44. The van der Waals surface area contributed by atoms with E-state index < -0.39 is 23.3 Å². The molecule has 3 atom stereocenters. The van der Waals surface area contributed by atoms with Crippen LogP contribution in [0.5, 0.6) is 0 Å². The number of alkyl halides is 2. The number of rotatable bonds is 8. The number of aromatic nitrogens is 6. The molecular weight excluding hydrogens is 664 g/mol. The normalized spacial score (nSPS) is 23.2. The van der Waals surface area contributed by atoms with E-state index in [-0.39, 0.29) is 43.1 Å². The maximum atomic E-state index is 14.1. The molecule has 1 saturated carbocycles. The lowest BCUT2D eigenvalue weighted by atomic mass is 9.96. The lowest BCUT2D eigenvalue weighted by Crippen LogP contribution is -2.57. The predicted octanol–water partition coefficient (Wildman–Crippen LogP) is 3.81. The Labute approximate surface area is 270 Å². The van der Waals surface area contributed by atoms with Crippen LogP contribution in [0.4, 0.5) is 14.6 Å². The van der Waals surface area contributed by atoms with Gasteiger partial charge in [-0.2, -0.15) is 5.10 Å². The highest BCUT2D eigenvalue weighted by molar-refractivity contribution is 9.10. The molecule has 0 bridgehead atoms. The van der Waals surface area contributed by atoms with Gasteiger partial charge in [-0.05, 0) is 60.3 Å². The largest absolute Gasteiger partial charge is 0.325 e. The number of pyridine rings is 2. The number of fused-ring (bicyclic) bond motifs is 2. The molecule has 2 saturated heterocycles. The maximum absolute atomic E-state index is 14.1. The number of halogens is 3. The Morgan fingerprint density at radius 3 is 2.50 bits per heavy atom. The molecule has 3 fully saturated rings. The molecule has 2 amide bonds. The maximum Gasteiger partial charge on any atom is 0.272 e. The van der Waals surface area contributed by atoms with E-state index in [9.17, 15) is 23.2 Å². The van der Waals surface area contributed by atoms with E-state index in [2.05, 4.69) is 46.3 Å². The van der Waals surface area contributed by atoms with Gasteiger partial charge < -0.3 is 10.2 Å². The van der Waals surface area contributed by atoms with Gasteiger partial charge in [0.2, 0.25) is 11.8 Å². The fourth-order valence-corrected chi connectivity index (χ4v) is 7.09. The summed E-state index contributed by atoms with van der Waals surface area (Å²) in [4.78, 5) is 61.1. The van der Waals surface area contributed by atoms with Gasteiger partial charge in [-0.3, -0.25) is 28.9 Å². The molecule has 0 spiro atoms. The van der Waals surface area contributed by atoms with Gasteiger partial charge in [-0.15, -0.1) is 0 Å². The van der Waals surface area contributed by atoms with E-state index in [1.54, 1.807) is 47.4 Å². The lowest BCUT2D eigenvalue weighted by molar-refractivity contribution is -0.138. The second-order valence-corrected chi connectivity index (χ2v) is 13.4. The molecule has 15 heteroatoms. The minimum absolute atomic E-state index is 0.186. The van der Waals surface area contributed by atoms with Crippen molar-refractivity contribution in [3.63, 3.8) is 0 Å². The van der Waals surface area contributed by atoms with Crippen LogP contribution in [-0.2, 0) is 16.1 Å². The number of anilines is 1. The third-order valence-corrected chi connectivity index (χ3v) is 9.54. The first-order valence-electron chi connectivity index (χ1n) is 14.8. The van der Waals surface area contributed by atoms with Crippen LogP contribution in [0, 0.1) is 19.3 Å². The number of nitrogens with one attached hydrogen (secondary N) is 1. The van der Waals surface area contributed by atoms with E-state index in [0.717, 1.165) is 5.56 Å². The standard InChI is InChI=1S/C31H30BrF2N9O3/c1-16-4-5-25(32)38-28(16)39-29(46)22-7-30(13-41-14-31(33,34)15-41)8-24(30)43(22)26(45)12-42-23-11-37-21(19-9-35-18(3)36-10-19)6-20(23)27(40-42)17(2)44/h4-6,9-11,22,24H,7-8,12-15H2,1-3H3,(H,38,39,46)/t22-,24-,30+/m0/s1. The van der Waals surface area contributed by atoms with Gasteiger partial charge >= 0.3 is 0 Å². The Morgan fingerprint density at radius 1 is 1.07 bits per heavy atom. The van der Waals surface area contributed by atoms with Crippen molar-refractivity contribution in [2.24, 2.45) is 5.41 Å². The first-order chi connectivity index (χ1) is 21.8. The zero-order valence-electron chi connectivity index (χ0n) is 25.3. The molecule has 4 aromatic heterocycles. The van der Waals surface area contributed by atoms with Gasteiger partial charge in [0.25, 0.3) is 5.92 Å². The van der Waals surface area contributed by atoms with Crippen molar-refractivity contribution in [1.82, 2.24) is 39.5 Å². The topological polar surface area (TPSA) is 139 Å². The van der Waals surface area contributed by atoms with Crippen molar-refractivity contribution >= 4 is 50.2 Å². The van der Waals surface area contributed by atoms with Crippen molar-refractivity contribution in [3.8, 4) is 11.3 Å². The summed E-state index contributed by atoms with van der Waals surface area (Å²) >= 11 is 3.33. The fraction of sp³-hybridized carbons (Fsp3) is 0.419. The highest BCUT2D eigenvalue weighted by Crippen LogP contribution is 2.60.